The highest BCUT2D eigenvalue weighted by molar-refractivity contribution is 7.89. The minimum Gasteiger partial charge on any atom is -0.311 e. The van der Waals surface area contributed by atoms with E-state index in [0.29, 0.717) is 17.5 Å². The highest BCUT2D eigenvalue weighted by Crippen LogP contribution is 2.29. The van der Waals surface area contributed by atoms with E-state index < -0.39 is 10.0 Å². The monoisotopic (exact) mass is 238 g/mol. The van der Waals surface area contributed by atoms with Crippen molar-refractivity contribution in [1.82, 2.24) is 9.62 Å². The molecule has 1 aromatic carbocycles. The van der Waals surface area contributed by atoms with Crippen molar-refractivity contribution in [1.29, 1.82) is 0 Å². The van der Waals surface area contributed by atoms with Crippen LogP contribution in [0, 0.1) is 0 Å². The van der Waals surface area contributed by atoms with Crippen molar-refractivity contribution in [2.45, 2.75) is 23.4 Å². The zero-order valence-corrected chi connectivity index (χ0v) is 9.65. The summed E-state index contributed by atoms with van der Waals surface area (Å²) in [6, 6.07) is 9.18. The zero-order chi connectivity index (χ0) is 11.2. The van der Waals surface area contributed by atoms with Crippen molar-refractivity contribution in [2.24, 2.45) is 0 Å². The lowest BCUT2D eigenvalue weighted by Gasteiger charge is -2.26. The smallest absolute Gasteiger partial charge is 0.243 e. The third kappa shape index (κ3) is 1.47. The summed E-state index contributed by atoms with van der Waals surface area (Å²) >= 11 is 0. The molecule has 1 aromatic rings. The van der Waals surface area contributed by atoms with Gasteiger partial charge in [-0.25, -0.2) is 8.42 Å². The Morgan fingerprint density at radius 3 is 2.56 bits per heavy atom. The number of nitrogens with zero attached hydrogens (tertiary/aromatic N) is 1. The predicted octanol–water partition coefficient (Wildman–Crippen LogP) is 0.421. The molecule has 4 nitrogen and oxygen atoms in total. The number of sulfonamides is 1. The summed E-state index contributed by atoms with van der Waals surface area (Å²) in [4.78, 5) is 0.405. The second-order valence-electron chi connectivity index (χ2n) is 4.38. The van der Waals surface area contributed by atoms with E-state index in [1.54, 1.807) is 28.6 Å². The molecule has 16 heavy (non-hydrogen) atoms. The van der Waals surface area contributed by atoms with E-state index in [0.717, 1.165) is 13.0 Å². The molecule has 86 valence electrons. The Balaban J connectivity index is 1.95. The van der Waals surface area contributed by atoms with Gasteiger partial charge >= 0.3 is 0 Å². The van der Waals surface area contributed by atoms with Gasteiger partial charge in [0, 0.05) is 25.2 Å². The summed E-state index contributed by atoms with van der Waals surface area (Å²) in [5.41, 5.74) is 0. The normalized spacial score (nSPS) is 29.8. The standard InChI is InChI=1S/C11H14N2O2S/c14-16(15,11-4-2-1-3-5-11)13-8-9-6-10(13)7-12-9/h1-5,9-10,12H,6-8H2/t9-,10-/m0/s1. The second-order valence-corrected chi connectivity index (χ2v) is 6.27. The van der Waals surface area contributed by atoms with Crippen LogP contribution in [0.4, 0.5) is 0 Å². The van der Waals surface area contributed by atoms with Gasteiger partial charge in [0.2, 0.25) is 10.0 Å². The van der Waals surface area contributed by atoms with Crippen LogP contribution in [0.25, 0.3) is 0 Å². The van der Waals surface area contributed by atoms with Crippen molar-refractivity contribution in [3.05, 3.63) is 30.3 Å². The van der Waals surface area contributed by atoms with E-state index in [2.05, 4.69) is 5.32 Å². The number of fused-ring (bicyclic) bond motifs is 2. The maximum Gasteiger partial charge on any atom is 0.243 e. The minimum atomic E-state index is -3.28. The number of hydrogen-bond acceptors (Lipinski definition) is 3. The Morgan fingerprint density at radius 2 is 2.00 bits per heavy atom. The summed E-state index contributed by atoms with van der Waals surface area (Å²) < 4.78 is 26.3. The van der Waals surface area contributed by atoms with E-state index >= 15 is 0 Å². The summed E-state index contributed by atoms with van der Waals surface area (Å²) in [7, 11) is -3.28. The maximum atomic E-state index is 12.3. The van der Waals surface area contributed by atoms with Crippen molar-refractivity contribution < 1.29 is 8.42 Å². The van der Waals surface area contributed by atoms with Gasteiger partial charge in [0.15, 0.2) is 0 Å². The highest BCUT2D eigenvalue weighted by atomic mass is 32.2. The molecule has 3 rings (SSSR count). The van der Waals surface area contributed by atoms with Crippen LogP contribution in [-0.4, -0.2) is 37.9 Å². The topological polar surface area (TPSA) is 49.4 Å². The highest BCUT2D eigenvalue weighted by Gasteiger charge is 2.44. The Morgan fingerprint density at radius 1 is 1.25 bits per heavy atom. The number of nitrogens with one attached hydrogen (secondary N) is 1. The lowest BCUT2D eigenvalue weighted by Crippen LogP contribution is -2.46. The first-order valence-electron chi connectivity index (χ1n) is 5.48. The Kier molecular flexibility index (Phi) is 2.27. The Labute approximate surface area is 95.3 Å². The fourth-order valence-electron chi connectivity index (χ4n) is 2.54. The second kappa shape index (κ2) is 3.55. The molecule has 2 aliphatic rings. The third-order valence-electron chi connectivity index (χ3n) is 3.36. The van der Waals surface area contributed by atoms with Gasteiger partial charge in [-0.05, 0) is 18.6 Å². The molecule has 2 bridgehead atoms. The quantitative estimate of drug-likeness (QED) is 0.812. The Bertz CT molecular complexity index is 486. The van der Waals surface area contributed by atoms with E-state index in [4.69, 9.17) is 0 Å². The average molecular weight is 238 g/mol. The first-order valence-corrected chi connectivity index (χ1v) is 6.92. The lowest BCUT2D eigenvalue weighted by molar-refractivity contribution is 0.349. The molecule has 2 fully saturated rings. The fraction of sp³-hybridized carbons (Fsp3) is 0.455. The number of rotatable bonds is 2. The van der Waals surface area contributed by atoms with Crippen molar-refractivity contribution in [3.63, 3.8) is 0 Å². The van der Waals surface area contributed by atoms with E-state index in [9.17, 15) is 8.42 Å². The van der Waals surface area contributed by atoms with Crippen LogP contribution in [-0.2, 0) is 10.0 Å². The van der Waals surface area contributed by atoms with Gasteiger partial charge in [-0.1, -0.05) is 18.2 Å². The molecule has 2 atom stereocenters. The summed E-state index contributed by atoms with van der Waals surface area (Å²) in [6.07, 6.45) is 0.950. The van der Waals surface area contributed by atoms with E-state index in [1.807, 2.05) is 6.07 Å². The molecule has 1 N–H and O–H groups in total. The molecule has 0 unspecified atom stereocenters. The van der Waals surface area contributed by atoms with Crippen LogP contribution in [0.3, 0.4) is 0 Å². The summed E-state index contributed by atoms with van der Waals surface area (Å²) in [5.74, 6) is 0. The molecule has 2 heterocycles. The third-order valence-corrected chi connectivity index (χ3v) is 5.29. The number of piperazine rings is 1. The van der Waals surface area contributed by atoms with Crippen LogP contribution < -0.4 is 5.32 Å². The molecule has 5 heteroatoms. The molecule has 0 aliphatic carbocycles. The van der Waals surface area contributed by atoms with Crippen LogP contribution >= 0.6 is 0 Å². The van der Waals surface area contributed by atoms with Crippen molar-refractivity contribution >= 4 is 10.0 Å². The van der Waals surface area contributed by atoms with Gasteiger partial charge in [0.1, 0.15) is 0 Å². The molecular weight excluding hydrogens is 224 g/mol. The van der Waals surface area contributed by atoms with Crippen LogP contribution in [0.1, 0.15) is 6.42 Å². The average Bonchev–Trinajstić information content (AvgIpc) is 2.92. The van der Waals surface area contributed by atoms with Gasteiger partial charge in [-0.2, -0.15) is 4.31 Å². The molecule has 2 aliphatic heterocycles. The van der Waals surface area contributed by atoms with E-state index in [1.165, 1.54) is 0 Å². The molecule has 2 saturated heterocycles. The molecule has 0 aromatic heterocycles. The van der Waals surface area contributed by atoms with Gasteiger partial charge in [-0.3, -0.25) is 0 Å². The maximum absolute atomic E-state index is 12.3. The van der Waals surface area contributed by atoms with Crippen LogP contribution in [0.2, 0.25) is 0 Å². The van der Waals surface area contributed by atoms with Gasteiger partial charge in [0.25, 0.3) is 0 Å². The van der Waals surface area contributed by atoms with Gasteiger partial charge in [-0.15, -0.1) is 0 Å². The zero-order valence-electron chi connectivity index (χ0n) is 8.83. The molecule has 0 saturated carbocycles. The number of benzene rings is 1. The molecule has 0 radical (unpaired) electrons. The Hall–Kier alpha value is -0.910. The van der Waals surface area contributed by atoms with E-state index in [-0.39, 0.29) is 6.04 Å². The fourth-order valence-corrected chi connectivity index (χ4v) is 4.25. The first kappa shape index (κ1) is 10.3. The van der Waals surface area contributed by atoms with Gasteiger partial charge < -0.3 is 5.32 Å². The predicted molar refractivity (Wildman–Crippen MR) is 60.5 cm³/mol. The number of hydrogen-bond donors (Lipinski definition) is 1. The molecular formula is C11H14N2O2S. The van der Waals surface area contributed by atoms with Gasteiger partial charge in [0.05, 0.1) is 4.90 Å². The molecule has 0 spiro atoms. The van der Waals surface area contributed by atoms with Crippen molar-refractivity contribution in [3.8, 4) is 0 Å². The lowest BCUT2D eigenvalue weighted by atomic mass is 10.2. The largest absolute Gasteiger partial charge is 0.311 e. The summed E-state index contributed by atoms with van der Waals surface area (Å²) in [6.45, 7) is 1.40. The van der Waals surface area contributed by atoms with Crippen LogP contribution in [0.15, 0.2) is 35.2 Å². The first-order chi connectivity index (χ1) is 7.68. The minimum absolute atomic E-state index is 0.148. The summed E-state index contributed by atoms with van der Waals surface area (Å²) in [5, 5.41) is 3.30. The SMILES string of the molecule is O=S(=O)(c1ccccc1)N1C[C@@H]2C[C@H]1CN2. The van der Waals surface area contributed by atoms with Crippen molar-refractivity contribution in [2.75, 3.05) is 13.1 Å². The van der Waals surface area contributed by atoms with Crippen LogP contribution in [0.5, 0.6) is 0 Å². The molecule has 0 amide bonds.